The van der Waals surface area contributed by atoms with Gasteiger partial charge in [0.1, 0.15) is 19.3 Å². The lowest BCUT2D eigenvalue weighted by atomic mass is 9.99. The molecule has 0 rings (SSSR count). The summed E-state index contributed by atoms with van der Waals surface area (Å²) >= 11 is 0. The maximum Gasteiger partial charge on any atom is 0.472 e. The van der Waals surface area contributed by atoms with Crippen LogP contribution in [0.4, 0.5) is 0 Å². The first-order valence-corrected chi connectivity index (χ1v) is 42.2. The molecule has 0 aliphatic rings. The molecule has 0 amide bonds. The van der Waals surface area contributed by atoms with Gasteiger partial charge in [0.15, 0.2) is 12.2 Å². The first-order valence-electron chi connectivity index (χ1n) is 39.2. The molecule has 0 spiro atoms. The van der Waals surface area contributed by atoms with Crippen molar-refractivity contribution in [1.29, 1.82) is 0 Å². The van der Waals surface area contributed by atoms with E-state index in [2.05, 4.69) is 34.6 Å². The summed E-state index contributed by atoms with van der Waals surface area (Å²) in [6.07, 6.45) is 57.1. The molecule has 17 nitrogen and oxygen atoms in total. The monoisotopic (exact) mass is 1380 g/mol. The van der Waals surface area contributed by atoms with Crippen LogP contribution in [0.2, 0.25) is 0 Å². The first-order chi connectivity index (χ1) is 45.6. The molecule has 3 unspecified atom stereocenters. The SMILES string of the molecule is CCCCCCCCCCCCCCCCCCC(=O)OC[C@H](COP(=O)(O)OC[C@@H](O)COP(=O)(O)OC[C@@H](COC(=O)CCCCCCCCCC)OC(=O)CCCCCCCCCC)OC(=O)CCCCCCCCCCCCCCCCCCCCC(C)CC. The minimum Gasteiger partial charge on any atom is -0.462 e. The predicted octanol–water partition coefficient (Wildman–Crippen LogP) is 22.1. The number of carbonyl (C=O) groups excluding carboxylic acids is 4. The molecule has 0 aliphatic heterocycles. The van der Waals surface area contributed by atoms with Crippen molar-refractivity contribution in [2.45, 2.75) is 412 Å². The Kier molecular flexibility index (Phi) is 66.8. The normalized spacial score (nSPS) is 14.3. The van der Waals surface area contributed by atoms with E-state index in [9.17, 15) is 43.2 Å². The van der Waals surface area contributed by atoms with Gasteiger partial charge < -0.3 is 33.8 Å². The maximum absolute atomic E-state index is 13.1. The number of aliphatic hydroxyl groups excluding tert-OH is 1. The fourth-order valence-electron chi connectivity index (χ4n) is 11.5. The minimum absolute atomic E-state index is 0.105. The van der Waals surface area contributed by atoms with Crippen molar-refractivity contribution in [3.63, 3.8) is 0 Å². The molecular formula is C75H146O17P2. The number of ether oxygens (including phenoxy) is 4. The van der Waals surface area contributed by atoms with Crippen LogP contribution in [0.15, 0.2) is 0 Å². The molecule has 0 aromatic heterocycles. The van der Waals surface area contributed by atoms with Crippen molar-refractivity contribution < 1.29 is 80.2 Å². The van der Waals surface area contributed by atoms with Crippen LogP contribution in [0.1, 0.15) is 394 Å². The molecule has 0 fully saturated rings. The molecule has 0 bridgehead atoms. The summed E-state index contributed by atoms with van der Waals surface area (Å²) in [5, 5.41) is 10.6. The van der Waals surface area contributed by atoms with Crippen LogP contribution in [0.3, 0.4) is 0 Å². The highest BCUT2D eigenvalue weighted by molar-refractivity contribution is 7.47. The number of esters is 4. The maximum atomic E-state index is 13.1. The lowest BCUT2D eigenvalue weighted by molar-refractivity contribution is -0.161. The van der Waals surface area contributed by atoms with Crippen LogP contribution in [0.25, 0.3) is 0 Å². The molecule has 558 valence electrons. The molecule has 19 heteroatoms. The second-order valence-electron chi connectivity index (χ2n) is 27.3. The second kappa shape index (κ2) is 68.2. The Bertz CT molecular complexity index is 1810. The largest absolute Gasteiger partial charge is 0.472 e. The van der Waals surface area contributed by atoms with Gasteiger partial charge >= 0.3 is 39.5 Å². The number of phosphoric acid groups is 2. The first kappa shape index (κ1) is 92.1. The number of unbranched alkanes of at least 4 members (excludes halogenated alkanes) is 46. The molecular weight excluding hydrogens is 1230 g/mol. The zero-order valence-corrected chi connectivity index (χ0v) is 62.9. The second-order valence-corrected chi connectivity index (χ2v) is 30.2. The highest BCUT2D eigenvalue weighted by atomic mass is 31.2. The van der Waals surface area contributed by atoms with Crippen molar-refractivity contribution in [3.8, 4) is 0 Å². The van der Waals surface area contributed by atoms with Gasteiger partial charge in [-0.3, -0.25) is 37.3 Å². The van der Waals surface area contributed by atoms with E-state index < -0.39 is 97.5 Å². The minimum atomic E-state index is -4.95. The number of rotatable bonds is 75. The fraction of sp³-hybridized carbons (Fsp3) is 0.947. The van der Waals surface area contributed by atoms with Crippen molar-refractivity contribution >= 4 is 39.5 Å². The van der Waals surface area contributed by atoms with Gasteiger partial charge in [0, 0.05) is 25.7 Å². The van der Waals surface area contributed by atoms with E-state index in [1.165, 1.54) is 205 Å². The van der Waals surface area contributed by atoms with Crippen molar-refractivity contribution in [1.82, 2.24) is 0 Å². The molecule has 3 N–H and O–H groups in total. The molecule has 6 atom stereocenters. The molecule has 0 saturated heterocycles. The van der Waals surface area contributed by atoms with Crippen molar-refractivity contribution in [3.05, 3.63) is 0 Å². The Hall–Kier alpha value is -1.94. The summed E-state index contributed by atoms with van der Waals surface area (Å²) in [6.45, 7) is 7.29. The molecule has 0 aromatic carbocycles. The van der Waals surface area contributed by atoms with E-state index in [1.54, 1.807) is 0 Å². The highest BCUT2D eigenvalue weighted by Crippen LogP contribution is 2.45. The lowest BCUT2D eigenvalue weighted by Gasteiger charge is -2.21. The van der Waals surface area contributed by atoms with E-state index in [0.29, 0.717) is 25.7 Å². The van der Waals surface area contributed by atoms with E-state index in [0.717, 1.165) is 109 Å². The third-order valence-electron chi connectivity index (χ3n) is 17.9. The van der Waals surface area contributed by atoms with Crippen molar-refractivity contribution in [2.24, 2.45) is 5.92 Å². The van der Waals surface area contributed by atoms with Crippen molar-refractivity contribution in [2.75, 3.05) is 39.6 Å². The van der Waals surface area contributed by atoms with Gasteiger partial charge in [-0.1, -0.05) is 343 Å². The van der Waals surface area contributed by atoms with Crippen LogP contribution in [0.5, 0.6) is 0 Å². The van der Waals surface area contributed by atoms with Crippen LogP contribution < -0.4 is 0 Å². The average Bonchev–Trinajstić information content (AvgIpc) is 3.76. The Morgan fingerprint density at radius 1 is 0.298 bits per heavy atom. The molecule has 0 radical (unpaired) electrons. The summed E-state index contributed by atoms with van der Waals surface area (Å²) in [4.78, 5) is 72.5. The van der Waals surface area contributed by atoms with Gasteiger partial charge in [-0.15, -0.1) is 0 Å². The van der Waals surface area contributed by atoms with Gasteiger partial charge in [0.2, 0.25) is 0 Å². The number of aliphatic hydroxyl groups is 1. The van der Waals surface area contributed by atoms with E-state index in [4.69, 9.17) is 37.0 Å². The molecule has 0 heterocycles. The van der Waals surface area contributed by atoms with Gasteiger partial charge in [0.25, 0.3) is 0 Å². The predicted molar refractivity (Wildman–Crippen MR) is 382 cm³/mol. The fourth-order valence-corrected chi connectivity index (χ4v) is 13.1. The highest BCUT2D eigenvalue weighted by Gasteiger charge is 2.30. The summed E-state index contributed by atoms with van der Waals surface area (Å²) < 4.78 is 68.3. The van der Waals surface area contributed by atoms with Crippen LogP contribution >= 0.6 is 15.6 Å². The Morgan fingerprint density at radius 3 is 0.755 bits per heavy atom. The van der Waals surface area contributed by atoms with Gasteiger partial charge in [-0.2, -0.15) is 0 Å². The van der Waals surface area contributed by atoms with E-state index in [-0.39, 0.29) is 25.7 Å². The number of hydrogen-bond acceptors (Lipinski definition) is 15. The topological polar surface area (TPSA) is 237 Å². The number of phosphoric ester groups is 2. The number of hydrogen-bond donors (Lipinski definition) is 3. The zero-order valence-electron chi connectivity index (χ0n) is 61.1. The molecule has 94 heavy (non-hydrogen) atoms. The summed E-state index contributed by atoms with van der Waals surface area (Å²) in [7, 11) is -9.90. The Labute approximate surface area is 575 Å². The van der Waals surface area contributed by atoms with E-state index in [1.807, 2.05) is 0 Å². The van der Waals surface area contributed by atoms with Gasteiger partial charge in [-0.25, -0.2) is 9.13 Å². The van der Waals surface area contributed by atoms with Gasteiger partial charge in [0.05, 0.1) is 26.4 Å². The molecule has 0 saturated carbocycles. The zero-order chi connectivity index (χ0) is 69.1. The van der Waals surface area contributed by atoms with Crippen LogP contribution in [0, 0.1) is 5.92 Å². The third-order valence-corrected chi connectivity index (χ3v) is 19.8. The Morgan fingerprint density at radius 2 is 0.511 bits per heavy atom. The third kappa shape index (κ3) is 67.3. The average molecular weight is 1380 g/mol. The molecule has 0 aliphatic carbocycles. The summed E-state index contributed by atoms with van der Waals surface area (Å²) in [5.74, 6) is -1.25. The lowest BCUT2D eigenvalue weighted by Crippen LogP contribution is -2.30. The Balaban J connectivity index is 5.13. The standard InChI is InChI=1S/C75H146O17P2/c1-6-10-13-16-19-22-23-24-25-31-34-37-40-45-49-54-59-73(78)86-65-71(92-75(80)61-56-51-46-41-38-35-32-29-27-26-28-30-33-36-39-42-47-52-57-68(5)9-4)67-90-94(83,84)88-63-69(76)62-87-93(81,82)89-66-70(91-74(79)60-55-50-44-21-18-15-12-8-3)64-85-72(77)58-53-48-43-20-17-14-11-7-2/h68-71,76H,6-67H2,1-5H3,(H,81,82)(H,83,84)/t68?,69-,70+,71+/m0/s1. The quantitative estimate of drug-likeness (QED) is 0.0222. The van der Waals surface area contributed by atoms with Crippen LogP contribution in [-0.2, 0) is 65.4 Å². The van der Waals surface area contributed by atoms with Crippen LogP contribution in [-0.4, -0.2) is 96.7 Å². The molecule has 0 aromatic rings. The smallest absolute Gasteiger partial charge is 0.462 e. The van der Waals surface area contributed by atoms with Gasteiger partial charge in [-0.05, 0) is 31.6 Å². The van der Waals surface area contributed by atoms with E-state index >= 15 is 0 Å². The summed E-state index contributed by atoms with van der Waals surface area (Å²) in [6, 6.07) is 0. The number of carbonyl (C=O) groups is 4. The summed E-state index contributed by atoms with van der Waals surface area (Å²) in [5.41, 5.74) is 0.